The molecule has 4 nitrogen and oxygen atoms in total. The van der Waals surface area contributed by atoms with E-state index in [-0.39, 0.29) is 12.1 Å². The van der Waals surface area contributed by atoms with Gasteiger partial charge in [0, 0.05) is 6.61 Å². The summed E-state index contributed by atoms with van der Waals surface area (Å²) in [5, 5.41) is 0. The molecule has 0 N–H and O–H groups in total. The molecule has 3 rings (SSSR count). The number of unbranched alkanes of at least 4 members (excludes halogenated alkanes) is 15. The van der Waals surface area contributed by atoms with Gasteiger partial charge < -0.3 is 14.2 Å². The molecular weight excluding hydrogens is 568 g/mol. The van der Waals surface area contributed by atoms with Crippen LogP contribution in [0.1, 0.15) is 152 Å². The molecule has 0 saturated heterocycles. The molecule has 3 aromatic rings. The van der Waals surface area contributed by atoms with Gasteiger partial charge in [0.2, 0.25) is 0 Å². The number of carbonyl (C=O) groups excluding carboxylic acids is 1. The zero-order valence-corrected chi connectivity index (χ0v) is 29.1. The Kier molecular flexibility index (Phi) is 18.9. The maximum atomic E-state index is 12.7. The van der Waals surface area contributed by atoms with Crippen molar-refractivity contribution in [2.45, 2.75) is 136 Å². The highest BCUT2D eigenvalue weighted by molar-refractivity contribution is 5.91. The number of hydrogen-bond acceptors (Lipinski definition) is 4. The van der Waals surface area contributed by atoms with Crippen LogP contribution < -0.4 is 9.47 Å². The van der Waals surface area contributed by atoms with Crippen LogP contribution in [0.3, 0.4) is 0 Å². The molecule has 0 saturated carbocycles. The van der Waals surface area contributed by atoms with Crippen LogP contribution in [0.5, 0.6) is 11.5 Å². The molecule has 0 radical (unpaired) electrons. The van der Waals surface area contributed by atoms with Crippen molar-refractivity contribution in [2.75, 3.05) is 13.2 Å². The van der Waals surface area contributed by atoms with Gasteiger partial charge in [0.15, 0.2) is 0 Å². The lowest BCUT2D eigenvalue weighted by atomic mass is 10.0. The molecule has 1 unspecified atom stereocenters. The molecule has 0 aromatic heterocycles. The van der Waals surface area contributed by atoms with E-state index in [1.54, 1.807) is 0 Å². The van der Waals surface area contributed by atoms with Crippen molar-refractivity contribution in [3.63, 3.8) is 0 Å². The van der Waals surface area contributed by atoms with E-state index in [0.717, 1.165) is 48.5 Å². The lowest BCUT2D eigenvalue weighted by Gasteiger charge is -2.14. The van der Waals surface area contributed by atoms with Gasteiger partial charge in [0.1, 0.15) is 11.5 Å². The molecule has 0 aliphatic heterocycles. The zero-order chi connectivity index (χ0) is 32.7. The molecule has 0 spiro atoms. The maximum Gasteiger partial charge on any atom is 0.343 e. The Bertz CT molecular complexity index is 1180. The first-order valence-electron chi connectivity index (χ1n) is 18.4. The van der Waals surface area contributed by atoms with Gasteiger partial charge in [-0.1, -0.05) is 147 Å². The van der Waals surface area contributed by atoms with Crippen LogP contribution in [0.15, 0.2) is 72.8 Å². The Morgan fingerprint density at radius 3 is 1.48 bits per heavy atom. The lowest BCUT2D eigenvalue weighted by Crippen LogP contribution is -2.09. The Labute approximate surface area is 280 Å². The summed E-state index contributed by atoms with van der Waals surface area (Å²) in [5.41, 5.74) is 3.75. The monoisotopic (exact) mass is 628 g/mol. The van der Waals surface area contributed by atoms with Crippen LogP contribution in [-0.2, 0) is 4.74 Å². The normalized spacial score (nSPS) is 11.8. The molecule has 46 heavy (non-hydrogen) atoms. The van der Waals surface area contributed by atoms with Crippen LogP contribution in [-0.4, -0.2) is 19.2 Å². The van der Waals surface area contributed by atoms with Crippen molar-refractivity contribution in [3.05, 3.63) is 83.9 Å². The van der Waals surface area contributed by atoms with Crippen molar-refractivity contribution < 1.29 is 19.0 Å². The predicted molar refractivity (Wildman–Crippen MR) is 193 cm³/mol. The number of rotatable bonds is 25. The second kappa shape index (κ2) is 23.2. The van der Waals surface area contributed by atoms with Gasteiger partial charge in [0.05, 0.1) is 18.3 Å². The summed E-state index contributed by atoms with van der Waals surface area (Å²) in [7, 11) is 0. The number of hydrogen-bond donors (Lipinski definition) is 0. The molecule has 4 heteroatoms. The second-order valence-electron chi connectivity index (χ2n) is 12.7. The van der Waals surface area contributed by atoms with E-state index in [1.807, 2.05) is 60.7 Å². The third kappa shape index (κ3) is 15.0. The van der Waals surface area contributed by atoms with Crippen molar-refractivity contribution in [2.24, 2.45) is 0 Å². The van der Waals surface area contributed by atoms with E-state index < -0.39 is 0 Å². The average Bonchev–Trinajstić information content (AvgIpc) is 3.09. The number of benzene rings is 3. The van der Waals surface area contributed by atoms with Crippen LogP contribution in [0.2, 0.25) is 0 Å². The Balaban J connectivity index is 1.30. The minimum Gasteiger partial charge on any atom is -0.494 e. The van der Waals surface area contributed by atoms with Crippen molar-refractivity contribution >= 4 is 5.97 Å². The van der Waals surface area contributed by atoms with Gasteiger partial charge in [-0.3, -0.25) is 0 Å². The van der Waals surface area contributed by atoms with E-state index in [0.29, 0.717) is 11.3 Å². The van der Waals surface area contributed by atoms with E-state index in [1.165, 1.54) is 96.3 Å². The summed E-state index contributed by atoms with van der Waals surface area (Å²) in [6.07, 6.45) is 22.4. The smallest absolute Gasteiger partial charge is 0.343 e. The highest BCUT2D eigenvalue weighted by Gasteiger charge is 2.11. The second-order valence-corrected chi connectivity index (χ2v) is 12.7. The fraction of sp³-hybridized carbons (Fsp3) is 0.548. The quantitative estimate of drug-likeness (QED) is 0.0532. The third-order valence-corrected chi connectivity index (χ3v) is 8.75. The highest BCUT2D eigenvalue weighted by Crippen LogP contribution is 2.26. The van der Waals surface area contributed by atoms with Crippen molar-refractivity contribution in [3.8, 4) is 22.6 Å². The van der Waals surface area contributed by atoms with E-state index in [2.05, 4.69) is 32.9 Å². The summed E-state index contributed by atoms with van der Waals surface area (Å²) in [6.45, 7) is 8.07. The Morgan fingerprint density at radius 2 is 0.957 bits per heavy atom. The highest BCUT2D eigenvalue weighted by atomic mass is 16.5. The predicted octanol–water partition coefficient (Wildman–Crippen LogP) is 12.7. The molecular formula is C42H60O4. The van der Waals surface area contributed by atoms with Gasteiger partial charge >= 0.3 is 5.97 Å². The minimum absolute atomic E-state index is 0.00364. The summed E-state index contributed by atoms with van der Waals surface area (Å²) in [6, 6.07) is 23.4. The third-order valence-electron chi connectivity index (χ3n) is 8.75. The van der Waals surface area contributed by atoms with E-state index >= 15 is 0 Å². The van der Waals surface area contributed by atoms with Crippen LogP contribution in [0.4, 0.5) is 0 Å². The zero-order valence-electron chi connectivity index (χ0n) is 29.1. The Morgan fingerprint density at radius 1 is 0.522 bits per heavy atom. The van der Waals surface area contributed by atoms with E-state index in [4.69, 9.17) is 14.2 Å². The molecule has 1 atom stereocenters. The van der Waals surface area contributed by atoms with Crippen LogP contribution in [0.25, 0.3) is 11.1 Å². The number of esters is 1. The molecule has 0 bridgehead atoms. The van der Waals surface area contributed by atoms with Crippen molar-refractivity contribution in [1.82, 2.24) is 0 Å². The van der Waals surface area contributed by atoms with Crippen molar-refractivity contribution in [1.29, 1.82) is 0 Å². The standard InChI is InChI=1S/C42H60O4/c1-4-6-8-10-11-12-13-14-15-16-17-18-20-34-45-40-29-25-37(26-30-40)38-27-31-41(32-28-38)46-42(43)39-23-21-36(22-24-39)35(3)44-33-19-9-7-5-2/h21-32,35H,4-20,33-34H2,1-3H3. The molecule has 3 aromatic carbocycles. The fourth-order valence-electron chi connectivity index (χ4n) is 5.71. The molecule has 0 aliphatic rings. The van der Waals surface area contributed by atoms with Crippen LogP contribution in [0, 0.1) is 0 Å². The van der Waals surface area contributed by atoms with E-state index in [9.17, 15) is 4.79 Å². The topological polar surface area (TPSA) is 44.8 Å². The average molecular weight is 629 g/mol. The summed E-state index contributed by atoms with van der Waals surface area (Å²) in [4.78, 5) is 12.7. The summed E-state index contributed by atoms with van der Waals surface area (Å²) in [5.74, 6) is 1.07. The molecule has 0 amide bonds. The number of ether oxygens (including phenoxy) is 3. The van der Waals surface area contributed by atoms with Crippen LogP contribution >= 0.6 is 0 Å². The molecule has 0 heterocycles. The molecule has 0 aliphatic carbocycles. The fourth-order valence-corrected chi connectivity index (χ4v) is 5.71. The Hall–Kier alpha value is -3.11. The largest absolute Gasteiger partial charge is 0.494 e. The van der Waals surface area contributed by atoms with Gasteiger partial charge in [-0.15, -0.1) is 0 Å². The summed E-state index contributed by atoms with van der Waals surface area (Å²) < 4.78 is 17.6. The first-order valence-corrected chi connectivity index (χ1v) is 18.4. The van der Waals surface area contributed by atoms with Gasteiger partial charge in [-0.2, -0.15) is 0 Å². The van der Waals surface area contributed by atoms with Gasteiger partial charge in [-0.25, -0.2) is 4.79 Å². The first kappa shape index (κ1) is 37.3. The maximum absolute atomic E-state index is 12.7. The SMILES string of the molecule is CCCCCCCCCCCCCCCOc1ccc(-c2ccc(OC(=O)c3ccc(C(C)OCCCCCC)cc3)cc2)cc1. The van der Waals surface area contributed by atoms with Gasteiger partial charge in [0.25, 0.3) is 0 Å². The molecule has 252 valence electrons. The minimum atomic E-state index is -0.363. The molecule has 0 fully saturated rings. The summed E-state index contributed by atoms with van der Waals surface area (Å²) >= 11 is 0. The first-order chi connectivity index (χ1) is 22.6. The van der Waals surface area contributed by atoms with Gasteiger partial charge in [-0.05, 0) is 72.9 Å². The lowest BCUT2D eigenvalue weighted by molar-refractivity contribution is 0.0626. The number of carbonyl (C=O) groups is 1.